The summed E-state index contributed by atoms with van der Waals surface area (Å²) in [6, 6.07) is 2.82. The van der Waals surface area contributed by atoms with Gasteiger partial charge in [0.2, 0.25) is 0 Å². The van der Waals surface area contributed by atoms with Crippen molar-refractivity contribution in [3.8, 4) is 0 Å². The number of ether oxygens (including phenoxy) is 1. The number of piperidine rings is 1. The van der Waals surface area contributed by atoms with Crippen LogP contribution in [0.5, 0.6) is 0 Å². The highest BCUT2D eigenvalue weighted by Crippen LogP contribution is 2.14. The van der Waals surface area contributed by atoms with Crippen molar-refractivity contribution >= 4 is 17.6 Å². The van der Waals surface area contributed by atoms with E-state index in [0.717, 1.165) is 24.8 Å². The molecule has 1 amide bonds. The first-order valence-electron chi connectivity index (χ1n) is 7.24. The van der Waals surface area contributed by atoms with Crippen molar-refractivity contribution in [1.29, 1.82) is 0 Å². The van der Waals surface area contributed by atoms with E-state index in [1.807, 2.05) is 20.8 Å². The van der Waals surface area contributed by atoms with Crippen molar-refractivity contribution in [2.45, 2.75) is 39.2 Å². The smallest absolute Gasteiger partial charge is 0.410 e. The Balaban J connectivity index is 1.93. The molecule has 22 heavy (non-hydrogen) atoms. The molecule has 0 spiro atoms. The van der Waals surface area contributed by atoms with Gasteiger partial charge >= 0.3 is 6.09 Å². The van der Waals surface area contributed by atoms with Crippen LogP contribution in [0.2, 0.25) is 0 Å². The van der Waals surface area contributed by atoms with Crippen molar-refractivity contribution in [2.24, 2.45) is 5.10 Å². The van der Waals surface area contributed by atoms with Gasteiger partial charge in [0, 0.05) is 6.54 Å². The predicted octanol–water partition coefficient (Wildman–Crippen LogP) is 3.02. The average Bonchev–Trinajstić information content (AvgIpc) is 2.45. The zero-order valence-corrected chi connectivity index (χ0v) is 13.1. The Labute approximate surface area is 129 Å². The van der Waals surface area contributed by atoms with Gasteiger partial charge in [-0.05, 0) is 45.7 Å². The fourth-order valence-corrected chi connectivity index (χ4v) is 2.00. The van der Waals surface area contributed by atoms with E-state index in [2.05, 4.69) is 15.5 Å². The summed E-state index contributed by atoms with van der Waals surface area (Å²) in [5, 5.41) is 4.24. The van der Waals surface area contributed by atoms with Crippen LogP contribution in [0.1, 0.15) is 33.6 Å². The van der Waals surface area contributed by atoms with Gasteiger partial charge in [0.15, 0.2) is 0 Å². The van der Waals surface area contributed by atoms with E-state index in [0.29, 0.717) is 18.9 Å². The van der Waals surface area contributed by atoms with Gasteiger partial charge in [0.05, 0.1) is 18.5 Å². The van der Waals surface area contributed by atoms with E-state index in [-0.39, 0.29) is 6.09 Å². The fraction of sp³-hybridized carbons (Fsp3) is 0.533. The van der Waals surface area contributed by atoms with E-state index in [1.165, 1.54) is 12.1 Å². The molecule has 6 nitrogen and oxygen atoms in total. The summed E-state index contributed by atoms with van der Waals surface area (Å²) in [6.07, 6.45) is 2.42. The first-order chi connectivity index (χ1) is 10.3. The van der Waals surface area contributed by atoms with Crippen molar-refractivity contribution in [2.75, 3.05) is 18.5 Å². The SMILES string of the molecule is CC(C)(C)OC(=O)N1CCC/C(=N/Nc2ccc(F)cn2)C1. The molecule has 0 atom stereocenters. The minimum absolute atomic E-state index is 0.334. The summed E-state index contributed by atoms with van der Waals surface area (Å²) >= 11 is 0. The summed E-state index contributed by atoms with van der Waals surface area (Å²) < 4.78 is 18.1. The van der Waals surface area contributed by atoms with E-state index in [1.54, 1.807) is 4.90 Å². The Morgan fingerprint density at radius 1 is 1.45 bits per heavy atom. The van der Waals surface area contributed by atoms with Crippen LogP contribution >= 0.6 is 0 Å². The highest BCUT2D eigenvalue weighted by Gasteiger charge is 2.25. The van der Waals surface area contributed by atoms with Crippen LogP contribution in [-0.4, -0.2) is 40.4 Å². The molecule has 0 unspecified atom stereocenters. The van der Waals surface area contributed by atoms with Crippen molar-refractivity contribution in [1.82, 2.24) is 9.88 Å². The molecule has 1 saturated heterocycles. The molecule has 1 aromatic rings. The van der Waals surface area contributed by atoms with E-state index in [9.17, 15) is 9.18 Å². The standard InChI is InChI=1S/C15H21FN4O2/c1-15(2,3)22-14(21)20-8-4-5-12(10-20)18-19-13-7-6-11(16)9-17-13/h6-7,9H,4-5,8,10H2,1-3H3,(H,17,19)/b18-12-. The number of anilines is 1. The molecule has 1 aliphatic heterocycles. The molecule has 2 heterocycles. The first kappa shape index (κ1) is 16.2. The number of hydrogen-bond acceptors (Lipinski definition) is 5. The number of rotatable bonds is 2. The number of amides is 1. The van der Waals surface area contributed by atoms with Gasteiger partial charge < -0.3 is 9.64 Å². The summed E-state index contributed by atoms with van der Waals surface area (Å²) in [4.78, 5) is 17.5. The van der Waals surface area contributed by atoms with E-state index < -0.39 is 11.4 Å². The van der Waals surface area contributed by atoms with Gasteiger partial charge in [-0.15, -0.1) is 0 Å². The summed E-state index contributed by atoms with van der Waals surface area (Å²) in [7, 11) is 0. The molecule has 120 valence electrons. The topological polar surface area (TPSA) is 66.8 Å². The first-order valence-corrected chi connectivity index (χ1v) is 7.24. The Kier molecular flexibility index (Phi) is 4.95. The second kappa shape index (κ2) is 6.72. The van der Waals surface area contributed by atoms with Crippen LogP contribution in [0.15, 0.2) is 23.4 Å². The third kappa shape index (κ3) is 4.98. The Hall–Kier alpha value is -2.18. The minimum Gasteiger partial charge on any atom is -0.444 e. The van der Waals surface area contributed by atoms with E-state index >= 15 is 0 Å². The van der Waals surface area contributed by atoms with Crippen molar-refractivity contribution in [3.05, 3.63) is 24.1 Å². The maximum Gasteiger partial charge on any atom is 0.410 e. The molecular weight excluding hydrogens is 287 g/mol. The third-order valence-corrected chi connectivity index (χ3v) is 2.97. The quantitative estimate of drug-likeness (QED) is 0.853. The van der Waals surface area contributed by atoms with Crippen LogP contribution in [0.4, 0.5) is 15.0 Å². The number of hydrogen-bond donors (Lipinski definition) is 1. The molecule has 0 aliphatic carbocycles. The molecule has 1 aliphatic rings. The van der Waals surface area contributed by atoms with Gasteiger partial charge in [-0.1, -0.05) is 0 Å². The van der Waals surface area contributed by atoms with Gasteiger partial charge in [0.25, 0.3) is 0 Å². The zero-order chi connectivity index (χ0) is 16.2. The number of pyridine rings is 1. The highest BCUT2D eigenvalue weighted by atomic mass is 19.1. The monoisotopic (exact) mass is 308 g/mol. The van der Waals surface area contributed by atoms with Crippen LogP contribution in [0.3, 0.4) is 0 Å². The summed E-state index contributed by atoms with van der Waals surface area (Å²) in [5.41, 5.74) is 3.11. The van der Waals surface area contributed by atoms with Crippen molar-refractivity contribution < 1.29 is 13.9 Å². The lowest BCUT2D eigenvalue weighted by Gasteiger charge is -2.30. The molecule has 1 fully saturated rings. The lowest BCUT2D eigenvalue weighted by molar-refractivity contribution is 0.0266. The number of hydrazone groups is 1. The van der Waals surface area contributed by atoms with E-state index in [4.69, 9.17) is 4.74 Å². The zero-order valence-electron chi connectivity index (χ0n) is 13.1. The predicted molar refractivity (Wildman–Crippen MR) is 82.3 cm³/mol. The molecule has 0 saturated carbocycles. The van der Waals surface area contributed by atoms with Gasteiger partial charge in [-0.2, -0.15) is 5.10 Å². The lowest BCUT2D eigenvalue weighted by atomic mass is 10.1. The third-order valence-electron chi connectivity index (χ3n) is 2.97. The van der Waals surface area contributed by atoms with Crippen molar-refractivity contribution in [3.63, 3.8) is 0 Å². The second-order valence-corrected chi connectivity index (χ2v) is 6.16. The molecule has 2 rings (SSSR count). The van der Waals surface area contributed by atoms with Gasteiger partial charge in [-0.3, -0.25) is 5.43 Å². The number of carbonyl (C=O) groups is 1. The molecule has 1 N–H and O–H groups in total. The molecule has 0 bridgehead atoms. The number of aromatic nitrogens is 1. The molecule has 0 aromatic carbocycles. The number of nitrogens with one attached hydrogen (secondary N) is 1. The average molecular weight is 308 g/mol. The lowest BCUT2D eigenvalue weighted by Crippen LogP contribution is -2.43. The van der Waals surface area contributed by atoms with Crippen LogP contribution in [0.25, 0.3) is 0 Å². The summed E-state index contributed by atoms with van der Waals surface area (Å²) in [6.45, 7) is 6.59. The Morgan fingerprint density at radius 2 is 2.23 bits per heavy atom. The molecule has 0 radical (unpaired) electrons. The Morgan fingerprint density at radius 3 is 2.86 bits per heavy atom. The number of halogens is 1. The van der Waals surface area contributed by atoms with Gasteiger partial charge in [0.1, 0.15) is 17.2 Å². The Bertz CT molecular complexity index is 552. The highest BCUT2D eigenvalue weighted by molar-refractivity contribution is 5.90. The molecule has 1 aromatic heterocycles. The molecular formula is C15H21FN4O2. The molecule has 7 heteroatoms. The maximum atomic E-state index is 12.8. The van der Waals surface area contributed by atoms with Crippen LogP contribution in [0, 0.1) is 5.82 Å². The fourth-order valence-electron chi connectivity index (χ4n) is 2.00. The van der Waals surface area contributed by atoms with Crippen LogP contribution < -0.4 is 5.43 Å². The largest absolute Gasteiger partial charge is 0.444 e. The maximum absolute atomic E-state index is 12.8. The second-order valence-electron chi connectivity index (χ2n) is 6.16. The normalized spacial score (nSPS) is 17.5. The van der Waals surface area contributed by atoms with Gasteiger partial charge in [-0.25, -0.2) is 14.2 Å². The number of carbonyl (C=O) groups excluding carboxylic acids is 1. The van der Waals surface area contributed by atoms with Crippen LogP contribution in [-0.2, 0) is 4.74 Å². The number of nitrogens with zero attached hydrogens (tertiary/aromatic N) is 3. The minimum atomic E-state index is -0.512. The summed E-state index contributed by atoms with van der Waals surface area (Å²) in [5.74, 6) is 0.0651. The number of likely N-dealkylation sites (tertiary alicyclic amines) is 1.